The van der Waals surface area contributed by atoms with Crippen molar-refractivity contribution in [1.82, 2.24) is 5.32 Å². The average molecular weight is 362 g/mol. The van der Waals surface area contributed by atoms with Crippen molar-refractivity contribution in [2.24, 2.45) is 0 Å². The van der Waals surface area contributed by atoms with Crippen molar-refractivity contribution in [3.05, 3.63) is 18.2 Å². The second kappa shape index (κ2) is 9.43. The number of hydrogen-bond acceptors (Lipinski definition) is 5. The summed E-state index contributed by atoms with van der Waals surface area (Å²) in [4.78, 5) is 23.1. The number of nitrogens with one attached hydrogen (secondary N) is 2. The van der Waals surface area contributed by atoms with E-state index in [1.54, 1.807) is 18.2 Å². The van der Waals surface area contributed by atoms with Gasteiger partial charge < -0.3 is 24.8 Å². The van der Waals surface area contributed by atoms with Gasteiger partial charge in [-0.05, 0) is 31.4 Å². The summed E-state index contributed by atoms with van der Waals surface area (Å²) in [5, 5.41) is 5.53. The number of carbonyl (C=O) groups is 2. The van der Waals surface area contributed by atoms with E-state index in [-0.39, 0.29) is 25.0 Å². The summed E-state index contributed by atoms with van der Waals surface area (Å²) in [7, 11) is 0. The molecule has 142 valence electrons. The molecule has 2 N–H and O–H groups in total. The fraction of sp³-hybridized carbons (Fsp3) is 0.579. The zero-order valence-corrected chi connectivity index (χ0v) is 14.9. The lowest BCUT2D eigenvalue weighted by molar-refractivity contribution is -0.123. The van der Waals surface area contributed by atoms with Gasteiger partial charge in [-0.2, -0.15) is 0 Å². The zero-order chi connectivity index (χ0) is 18.2. The Hall–Kier alpha value is -2.28. The van der Waals surface area contributed by atoms with Crippen LogP contribution < -0.4 is 20.1 Å². The zero-order valence-electron chi connectivity index (χ0n) is 14.9. The van der Waals surface area contributed by atoms with E-state index in [0.29, 0.717) is 36.4 Å². The minimum Gasteiger partial charge on any atom is -0.484 e. The summed E-state index contributed by atoms with van der Waals surface area (Å²) in [6, 6.07) is 5.06. The SMILES string of the molecule is O=C(COc1ccc2c(c1)OCC(=O)N2)NCCCOC1CCCCC1. The second-order valence-electron chi connectivity index (χ2n) is 6.62. The highest BCUT2D eigenvalue weighted by molar-refractivity contribution is 5.95. The molecule has 26 heavy (non-hydrogen) atoms. The first-order valence-corrected chi connectivity index (χ1v) is 9.28. The lowest BCUT2D eigenvalue weighted by Gasteiger charge is -2.21. The summed E-state index contributed by atoms with van der Waals surface area (Å²) in [6.45, 7) is 1.18. The van der Waals surface area contributed by atoms with E-state index >= 15 is 0 Å². The monoisotopic (exact) mass is 362 g/mol. The van der Waals surface area contributed by atoms with Gasteiger partial charge in [0.2, 0.25) is 0 Å². The lowest BCUT2D eigenvalue weighted by atomic mass is 9.98. The number of rotatable bonds is 8. The molecule has 0 radical (unpaired) electrons. The lowest BCUT2D eigenvalue weighted by Crippen LogP contribution is -2.30. The number of amides is 2. The molecule has 0 saturated heterocycles. The van der Waals surface area contributed by atoms with Gasteiger partial charge in [0.05, 0.1) is 11.8 Å². The predicted molar refractivity (Wildman–Crippen MR) is 96.5 cm³/mol. The smallest absolute Gasteiger partial charge is 0.262 e. The summed E-state index contributed by atoms with van der Waals surface area (Å²) >= 11 is 0. The van der Waals surface area contributed by atoms with Gasteiger partial charge in [-0.15, -0.1) is 0 Å². The fourth-order valence-corrected chi connectivity index (χ4v) is 3.13. The Morgan fingerprint density at radius 1 is 1.27 bits per heavy atom. The molecule has 1 aliphatic carbocycles. The van der Waals surface area contributed by atoms with Crippen molar-refractivity contribution in [3.63, 3.8) is 0 Å². The number of hydrogen-bond donors (Lipinski definition) is 2. The molecule has 7 nitrogen and oxygen atoms in total. The highest BCUT2D eigenvalue weighted by atomic mass is 16.5. The van der Waals surface area contributed by atoms with Crippen LogP contribution in [0.1, 0.15) is 38.5 Å². The van der Waals surface area contributed by atoms with Crippen LogP contribution in [0, 0.1) is 0 Å². The van der Waals surface area contributed by atoms with Crippen molar-refractivity contribution >= 4 is 17.5 Å². The van der Waals surface area contributed by atoms with Gasteiger partial charge in [-0.3, -0.25) is 9.59 Å². The van der Waals surface area contributed by atoms with Gasteiger partial charge in [-0.1, -0.05) is 19.3 Å². The first kappa shape index (κ1) is 18.5. The molecule has 0 atom stereocenters. The van der Waals surface area contributed by atoms with Crippen LogP contribution in [0.25, 0.3) is 0 Å². The van der Waals surface area contributed by atoms with Gasteiger partial charge >= 0.3 is 0 Å². The minimum atomic E-state index is -0.182. The van der Waals surface area contributed by atoms with Crippen molar-refractivity contribution in [2.75, 3.05) is 31.7 Å². The normalized spacial score (nSPS) is 17.0. The molecule has 3 rings (SSSR count). The van der Waals surface area contributed by atoms with E-state index < -0.39 is 0 Å². The molecule has 2 aliphatic rings. The van der Waals surface area contributed by atoms with Crippen LogP contribution in [0.3, 0.4) is 0 Å². The largest absolute Gasteiger partial charge is 0.484 e. The Morgan fingerprint density at radius 3 is 2.96 bits per heavy atom. The van der Waals surface area contributed by atoms with Gasteiger partial charge in [0.25, 0.3) is 11.8 Å². The highest BCUT2D eigenvalue weighted by Crippen LogP contribution is 2.31. The first-order valence-electron chi connectivity index (χ1n) is 9.28. The van der Waals surface area contributed by atoms with Gasteiger partial charge in [0.1, 0.15) is 11.5 Å². The van der Waals surface area contributed by atoms with E-state index in [4.69, 9.17) is 14.2 Å². The Bertz CT molecular complexity index is 628. The van der Waals surface area contributed by atoms with Gasteiger partial charge in [-0.25, -0.2) is 0 Å². The van der Waals surface area contributed by atoms with E-state index in [2.05, 4.69) is 10.6 Å². The molecule has 0 aromatic heterocycles. The van der Waals surface area contributed by atoms with E-state index in [1.165, 1.54) is 19.3 Å². The Labute approximate surface area is 153 Å². The third-order valence-corrected chi connectivity index (χ3v) is 4.50. The van der Waals surface area contributed by atoms with Crippen molar-refractivity contribution in [1.29, 1.82) is 0 Å². The predicted octanol–water partition coefficient (Wildman–Crippen LogP) is 2.25. The number of fused-ring (bicyclic) bond motifs is 1. The minimum absolute atomic E-state index is 0.0140. The summed E-state index contributed by atoms with van der Waals surface area (Å²) < 4.78 is 16.6. The van der Waals surface area contributed by atoms with E-state index in [0.717, 1.165) is 19.3 Å². The Kier molecular flexibility index (Phi) is 6.71. The molecule has 1 fully saturated rings. The topological polar surface area (TPSA) is 85.9 Å². The molecular formula is C19H26N2O5. The fourth-order valence-electron chi connectivity index (χ4n) is 3.13. The summed E-state index contributed by atoms with van der Waals surface area (Å²) in [6.07, 6.45) is 7.37. The third kappa shape index (κ3) is 5.62. The second-order valence-corrected chi connectivity index (χ2v) is 6.62. The summed E-state index contributed by atoms with van der Waals surface area (Å²) in [5.74, 6) is 0.714. The molecular weight excluding hydrogens is 336 g/mol. The van der Waals surface area contributed by atoms with Crippen LogP contribution in [0.15, 0.2) is 18.2 Å². The number of anilines is 1. The quantitative estimate of drug-likeness (QED) is 0.693. The summed E-state index contributed by atoms with van der Waals surface area (Å²) in [5.41, 5.74) is 0.607. The number of benzene rings is 1. The molecule has 1 aromatic rings. The molecule has 1 heterocycles. The van der Waals surface area contributed by atoms with Crippen molar-refractivity contribution < 1.29 is 23.8 Å². The Balaban J connectivity index is 1.30. The number of ether oxygens (including phenoxy) is 3. The standard InChI is InChI=1S/C19H26N2O5/c22-18(20-9-4-10-24-14-5-2-1-3-6-14)12-25-15-7-8-16-17(11-15)26-13-19(23)21-16/h7-8,11,14H,1-6,9-10,12-13H2,(H,20,22)(H,21,23). The van der Waals surface area contributed by atoms with E-state index in [9.17, 15) is 9.59 Å². The molecule has 0 unspecified atom stereocenters. The highest BCUT2D eigenvalue weighted by Gasteiger charge is 2.16. The molecule has 7 heteroatoms. The maximum absolute atomic E-state index is 11.8. The van der Waals surface area contributed by atoms with Crippen LogP contribution in [0.4, 0.5) is 5.69 Å². The molecule has 2 amide bonds. The van der Waals surface area contributed by atoms with Gasteiger partial charge in [0.15, 0.2) is 13.2 Å². The first-order chi connectivity index (χ1) is 12.7. The van der Waals surface area contributed by atoms with Crippen LogP contribution in [-0.4, -0.2) is 44.3 Å². The third-order valence-electron chi connectivity index (χ3n) is 4.50. The molecule has 1 aliphatic heterocycles. The molecule has 0 spiro atoms. The average Bonchev–Trinajstić information content (AvgIpc) is 2.67. The van der Waals surface area contributed by atoms with Crippen LogP contribution >= 0.6 is 0 Å². The van der Waals surface area contributed by atoms with E-state index in [1.807, 2.05) is 0 Å². The van der Waals surface area contributed by atoms with Crippen LogP contribution in [0.2, 0.25) is 0 Å². The molecule has 1 saturated carbocycles. The maximum atomic E-state index is 11.8. The van der Waals surface area contributed by atoms with Gasteiger partial charge in [0, 0.05) is 19.2 Å². The molecule has 0 bridgehead atoms. The molecule has 1 aromatic carbocycles. The van der Waals surface area contributed by atoms with Crippen LogP contribution in [0.5, 0.6) is 11.5 Å². The van der Waals surface area contributed by atoms with Crippen LogP contribution in [-0.2, 0) is 14.3 Å². The maximum Gasteiger partial charge on any atom is 0.262 e. The number of carbonyl (C=O) groups excluding carboxylic acids is 2. The Morgan fingerprint density at radius 2 is 2.12 bits per heavy atom. The van der Waals surface area contributed by atoms with Crippen molar-refractivity contribution in [3.8, 4) is 11.5 Å². The van der Waals surface area contributed by atoms with Crippen molar-refractivity contribution in [2.45, 2.75) is 44.6 Å².